The molecule has 0 atom stereocenters. The van der Waals surface area contributed by atoms with Crippen molar-refractivity contribution in [3.63, 3.8) is 0 Å². The van der Waals surface area contributed by atoms with Crippen molar-refractivity contribution >= 4 is 11.8 Å². The maximum absolute atomic E-state index is 12.4. The number of rotatable bonds is 15. The minimum absolute atomic E-state index is 0.108. The number of hydrogen-bond acceptors (Lipinski definition) is 7. The molecule has 0 saturated heterocycles. The molecule has 3 aromatic rings. The van der Waals surface area contributed by atoms with Crippen LogP contribution in [0.4, 0.5) is 0 Å². The predicted octanol–water partition coefficient (Wildman–Crippen LogP) is 6.30. The highest BCUT2D eigenvalue weighted by Crippen LogP contribution is 2.36. The molecule has 0 bridgehead atoms. The fourth-order valence-corrected chi connectivity index (χ4v) is 3.87. The molecule has 0 heterocycles. The van der Waals surface area contributed by atoms with Crippen LogP contribution < -0.4 is 9.47 Å². The second-order valence-corrected chi connectivity index (χ2v) is 10.2. The van der Waals surface area contributed by atoms with Gasteiger partial charge in [0.2, 0.25) is 0 Å². The Morgan fingerprint density at radius 3 is 2.15 bits per heavy atom. The number of aliphatic hydroxyl groups is 2. The maximum atomic E-state index is 12.4. The summed E-state index contributed by atoms with van der Waals surface area (Å²) in [5, 5.41) is 19.1. The number of unbranched alkanes of at least 4 members (excludes halogenated alkanes) is 1. The van der Waals surface area contributed by atoms with E-state index in [0.29, 0.717) is 54.4 Å². The normalized spacial score (nSPS) is 11.1. The highest BCUT2D eigenvalue weighted by atomic mass is 16.5. The van der Waals surface area contributed by atoms with Gasteiger partial charge in [-0.1, -0.05) is 36.9 Å². The van der Waals surface area contributed by atoms with E-state index >= 15 is 0 Å². The lowest BCUT2D eigenvalue weighted by Gasteiger charge is -2.16. The zero-order valence-corrected chi connectivity index (χ0v) is 23.4. The van der Waals surface area contributed by atoms with E-state index in [9.17, 15) is 14.7 Å². The smallest absolute Gasteiger partial charge is 0.333 e. The highest BCUT2D eigenvalue weighted by Gasteiger charge is 2.25. The Hall–Kier alpha value is -3.94. The van der Waals surface area contributed by atoms with Gasteiger partial charge in [-0.2, -0.15) is 0 Å². The number of Topliss-reactive ketones (excluding diaryl/α,β-unsaturated/α-hetero) is 1. The first-order valence-corrected chi connectivity index (χ1v) is 13.4. The molecule has 0 aliphatic rings. The van der Waals surface area contributed by atoms with Crippen LogP contribution in [0.15, 0.2) is 78.9 Å². The fraction of sp³-hybridized carbons (Fsp3) is 0.333. The van der Waals surface area contributed by atoms with E-state index in [1.165, 1.54) is 13.8 Å². The minimum Gasteiger partial charge on any atom is -0.490 e. The summed E-state index contributed by atoms with van der Waals surface area (Å²) < 4.78 is 17.3. The number of ether oxygens (including phenoxy) is 3. The summed E-state index contributed by atoms with van der Waals surface area (Å²) in [6, 6.07) is 20.5. The van der Waals surface area contributed by atoms with Gasteiger partial charge in [0.05, 0.1) is 13.2 Å². The van der Waals surface area contributed by atoms with Gasteiger partial charge < -0.3 is 24.4 Å². The first-order chi connectivity index (χ1) is 19.1. The Balaban J connectivity index is 1.75. The molecule has 0 aliphatic heterocycles. The van der Waals surface area contributed by atoms with Crippen LogP contribution in [0, 0.1) is 0 Å². The van der Waals surface area contributed by atoms with E-state index in [1.807, 2.05) is 42.5 Å². The molecule has 3 aromatic carbocycles. The first kappa shape index (κ1) is 30.6. The number of hydrogen-bond donors (Lipinski definition) is 2. The number of aliphatic hydroxyl groups excluding tert-OH is 1. The number of esters is 1. The molecule has 40 heavy (non-hydrogen) atoms. The van der Waals surface area contributed by atoms with Crippen molar-refractivity contribution in [3.05, 3.63) is 90.0 Å². The summed E-state index contributed by atoms with van der Waals surface area (Å²) in [5.41, 5.74) is 2.40. The average molecular weight is 547 g/mol. The van der Waals surface area contributed by atoms with Crippen molar-refractivity contribution in [3.8, 4) is 28.4 Å². The molecular formula is C33H38O7. The third kappa shape index (κ3) is 9.07. The molecule has 0 fully saturated rings. The summed E-state index contributed by atoms with van der Waals surface area (Å²) in [6.07, 6.45) is 2.86. The van der Waals surface area contributed by atoms with Gasteiger partial charge in [0.15, 0.2) is 17.3 Å². The lowest BCUT2D eigenvalue weighted by molar-refractivity contribution is -0.139. The van der Waals surface area contributed by atoms with Gasteiger partial charge in [-0.25, -0.2) is 4.79 Å². The highest BCUT2D eigenvalue weighted by molar-refractivity contribution is 6.01. The molecule has 0 saturated carbocycles. The topological polar surface area (TPSA) is 102 Å². The van der Waals surface area contributed by atoms with E-state index in [2.05, 4.69) is 6.58 Å². The largest absolute Gasteiger partial charge is 0.490 e. The summed E-state index contributed by atoms with van der Waals surface area (Å²) >= 11 is 0. The van der Waals surface area contributed by atoms with Gasteiger partial charge in [-0.15, -0.1) is 0 Å². The summed E-state index contributed by atoms with van der Waals surface area (Å²) in [4.78, 5) is 23.9. The zero-order chi connectivity index (χ0) is 29.1. The summed E-state index contributed by atoms with van der Waals surface area (Å²) in [6.45, 7) is 9.02. The van der Waals surface area contributed by atoms with Gasteiger partial charge in [0.1, 0.15) is 11.4 Å². The molecule has 0 aromatic heterocycles. The van der Waals surface area contributed by atoms with Crippen molar-refractivity contribution in [2.75, 3.05) is 19.8 Å². The third-order valence-corrected chi connectivity index (χ3v) is 6.13. The number of carbonyl (C=O) groups excluding carboxylic acids is 2. The molecule has 0 spiro atoms. The standard InChI is InChI=1S/C33H38O7/c1-23(2)32(36)39-21-7-8-24-9-11-25(12-10-24)27-15-18-29(38-20-6-5-19-34)30(22-27)40-28-16-13-26(14-17-28)31(35)33(3,4)37/h9-18,22,34,37H,1,5-8,19-21H2,2-4H3. The average Bonchev–Trinajstić information content (AvgIpc) is 2.93. The van der Waals surface area contributed by atoms with Crippen LogP contribution >= 0.6 is 0 Å². The first-order valence-electron chi connectivity index (χ1n) is 13.4. The second-order valence-electron chi connectivity index (χ2n) is 10.2. The van der Waals surface area contributed by atoms with Crippen LogP contribution in [0.3, 0.4) is 0 Å². The van der Waals surface area contributed by atoms with E-state index in [0.717, 1.165) is 29.5 Å². The van der Waals surface area contributed by atoms with Crippen molar-refractivity contribution in [1.29, 1.82) is 0 Å². The molecule has 0 amide bonds. The fourth-order valence-electron chi connectivity index (χ4n) is 3.87. The maximum Gasteiger partial charge on any atom is 0.333 e. The van der Waals surface area contributed by atoms with Gasteiger partial charge in [-0.3, -0.25) is 4.79 Å². The Morgan fingerprint density at radius 2 is 1.52 bits per heavy atom. The molecule has 0 aliphatic carbocycles. The predicted molar refractivity (Wildman–Crippen MR) is 155 cm³/mol. The lowest BCUT2D eigenvalue weighted by Crippen LogP contribution is -2.30. The Morgan fingerprint density at radius 1 is 0.850 bits per heavy atom. The van der Waals surface area contributed by atoms with Crippen LogP contribution in [0.25, 0.3) is 11.1 Å². The number of ketones is 1. The Labute approximate surface area is 236 Å². The monoisotopic (exact) mass is 546 g/mol. The third-order valence-electron chi connectivity index (χ3n) is 6.13. The summed E-state index contributed by atoms with van der Waals surface area (Å²) in [7, 11) is 0. The van der Waals surface area contributed by atoms with Gasteiger partial charge >= 0.3 is 5.97 Å². The van der Waals surface area contributed by atoms with Gasteiger partial charge in [-0.05, 0) is 99.5 Å². The van der Waals surface area contributed by atoms with E-state index < -0.39 is 5.60 Å². The molecule has 3 rings (SSSR count). The van der Waals surface area contributed by atoms with Crippen LogP contribution in [-0.2, 0) is 16.0 Å². The molecule has 7 heteroatoms. The second kappa shape index (κ2) is 14.4. The molecular weight excluding hydrogens is 508 g/mol. The van der Waals surface area contributed by atoms with Gasteiger partial charge in [0, 0.05) is 17.7 Å². The summed E-state index contributed by atoms with van der Waals surface area (Å²) in [5.74, 6) is 0.871. The Bertz CT molecular complexity index is 1290. The molecule has 0 radical (unpaired) electrons. The quantitative estimate of drug-likeness (QED) is 0.0998. The van der Waals surface area contributed by atoms with Crippen LogP contribution in [0.5, 0.6) is 17.2 Å². The zero-order valence-electron chi connectivity index (χ0n) is 23.4. The molecule has 7 nitrogen and oxygen atoms in total. The number of aryl methyl sites for hydroxylation is 1. The van der Waals surface area contributed by atoms with E-state index in [1.54, 1.807) is 31.2 Å². The Kier molecular flexibility index (Phi) is 11.1. The number of carbonyl (C=O) groups is 2. The van der Waals surface area contributed by atoms with Crippen LogP contribution in [0.1, 0.15) is 56.0 Å². The lowest BCUT2D eigenvalue weighted by atomic mass is 9.97. The van der Waals surface area contributed by atoms with Crippen LogP contribution in [0.2, 0.25) is 0 Å². The molecule has 2 N–H and O–H groups in total. The van der Waals surface area contributed by atoms with Gasteiger partial charge in [0.25, 0.3) is 0 Å². The van der Waals surface area contributed by atoms with Crippen molar-refractivity contribution in [2.24, 2.45) is 0 Å². The van der Waals surface area contributed by atoms with E-state index in [-0.39, 0.29) is 18.4 Å². The van der Waals surface area contributed by atoms with Crippen molar-refractivity contribution in [2.45, 2.75) is 52.1 Å². The van der Waals surface area contributed by atoms with E-state index in [4.69, 9.17) is 19.3 Å². The minimum atomic E-state index is -1.46. The van der Waals surface area contributed by atoms with Crippen molar-refractivity contribution < 1.29 is 34.0 Å². The van der Waals surface area contributed by atoms with Crippen molar-refractivity contribution in [1.82, 2.24) is 0 Å². The van der Waals surface area contributed by atoms with Crippen LogP contribution in [-0.4, -0.2) is 47.4 Å². The molecule has 212 valence electrons. The molecule has 0 unspecified atom stereocenters. The number of benzene rings is 3. The SMILES string of the molecule is C=C(C)C(=O)OCCCc1ccc(-c2ccc(OCCCCO)c(Oc3ccc(C(=O)C(C)(C)O)cc3)c2)cc1.